The summed E-state index contributed by atoms with van der Waals surface area (Å²) < 4.78 is 7.65. The van der Waals surface area contributed by atoms with Gasteiger partial charge in [-0.15, -0.1) is 0 Å². The third-order valence-corrected chi connectivity index (χ3v) is 15.6. The zero-order valence-corrected chi connectivity index (χ0v) is 24.9. The predicted octanol–water partition coefficient (Wildman–Crippen LogP) is 8.06. The molecule has 2 saturated carbocycles. The minimum atomic E-state index is -1.84. The fraction of sp³-hybridized carbons (Fsp3) is 0.633. The molecule has 0 spiro atoms. The van der Waals surface area contributed by atoms with Gasteiger partial charge in [-0.2, -0.15) is 0 Å². The summed E-state index contributed by atoms with van der Waals surface area (Å²) in [5, 5.41) is 12.2. The molecule has 1 aromatic carbocycles. The number of nitrogens with zero attached hydrogens (tertiary/aromatic N) is 1. The summed E-state index contributed by atoms with van der Waals surface area (Å²) in [5.74, 6) is 2.91. The second-order valence-corrected chi connectivity index (χ2v) is 18.9. The quantitative estimate of drug-likeness (QED) is 0.388. The number of halogens is 1. The highest BCUT2D eigenvalue weighted by molar-refractivity contribution is 9.10. The van der Waals surface area contributed by atoms with E-state index in [2.05, 4.69) is 79.9 Å². The Bertz CT molecular complexity index is 1110. The molecular formula is C30H42BrNO2Si. The molecule has 1 heterocycles. The minimum Gasteiger partial charge on any atom is -0.543 e. The lowest BCUT2D eigenvalue weighted by Gasteiger charge is -2.53. The molecule has 2 aromatic rings. The molecule has 3 aliphatic carbocycles. The van der Waals surface area contributed by atoms with Crippen LogP contribution in [0.2, 0.25) is 18.1 Å². The van der Waals surface area contributed by atoms with Crippen molar-refractivity contribution in [1.29, 1.82) is 0 Å². The van der Waals surface area contributed by atoms with Gasteiger partial charge in [0.2, 0.25) is 8.32 Å². The van der Waals surface area contributed by atoms with Crippen molar-refractivity contribution in [2.24, 2.45) is 17.3 Å². The molecule has 5 atom stereocenters. The normalized spacial score (nSPS) is 32.5. The number of rotatable bonds is 4. The van der Waals surface area contributed by atoms with Crippen LogP contribution in [0.15, 0.2) is 41.0 Å². The van der Waals surface area contributed by atoms with E-state index in [-0.39, 0.29) is 10.5 Å². The fourth-order valence-corrected chi connectivity index (χ4v) is 8.71. The Kier molecular flexibility index (Phi) is 6.33. The predicted molar refractivity (Wildman–Crippen MR) is 149 cm³/mol. The second kappa shape index (κ2) is 8.70. The van der Waals surface area contributed by atoms with Gasteiger partial charge in [0.1, 0.15) is 5.75 Å². The van der Waals surface area contributed by atoms with Gasteiger partial charge in [-0.3, -0.25) is 4.98 Å². The molecule has 0 aliphatic heterocycles. The fourth-order valence-electron chi connectivity index (χ4n) is 7.30. The zero-order chi connectivity index (χ0) is 25.2. The summed E-state index contributed by atoms with van der Waals surface area (Å²) in [4.78, 5) is 4.60. The highest BCUT2D eigenvalue weighted by Crippen LogP contribution is 2.65. The lowest BCUT2D eigenvalue weighted by atomic mass is 9.53. The van der Waals surface area contributed by atoms with Gasteiger partial charge in [-0.05, 0) is 131 Å². The van der Waals surface area contributed by atoms with Crippen LogP contribution in [0.3, 0.4) is 0 Å². The van der Waals surface area contributed by atoms with Crippen LogP contribution in [0, 0.1) is 17.3 Å². The van der Waals surface area contributed by atoms with E-state index in [0.717, 1.165) is 41.6 Å². The molecule has 2 fully saturated rings. The zero-order valence-electron chi connectivity index (χ0n) is 22.3. The van der Waals surface area contributed by atoms with Gasteiger partial charge in [0, 0.05) is 17.1 Å². The molecule has 5 rings (SSSR count). The molecule has 1 N–H and O–H groups in total. The van der Waals surface area contributed by atoms with Crippen molar-refractivity contribution in [3.63, 3.8) is 0 Å². The molecule has 35 heavy (non-hydrogen) atoms. The molecule has 3 nitrogen and oxygen atoms in total. The average Bonchev–Trinajstić information content (AvgIpc) is 3.04. The van der Waals surface area contributed by atoms with Gasteiger partial charge in [0.25, 0.3) is 0 Å². The maximum Gasteiger partial charge on any atom is 0.250 e. The molecule has 0 saturated heterocycles. The third kappa shape index (κ3) is 4.23. The standard InChI is InChI=1S/C30H42BrNO2Si/c1-28(2,3)35(5,6)34-21-10-12-22-20(18-21)9-11-24-23(22)13-15-29(4)25(24)14-16-30(29,33)19-27-26(31)8-7-17-32-27/h7-8,10,12,17-18,23-25,33H,9,11,13-16,19H2,1-6H3/t23-,24-,25+,29+,30+/m1/s1. The number of aliphatic hydroxyl groups is 1. The van der Waals surface area contributed by atoms with E-state index >= 15 is 0 Å². The van der Waals surface area contributed by atoms with E-state index in [4.69, 9.17) is 4.43 Å². The monoisotopic (exact) mass is 555 g/mol. The molecule has 5 heteroatoms. The van der Waals surface area contributed by atoms with Crippen LogP contribution in [-0.2, 0) is 12.8 Å². The van der Waals surface area contributed by atoms with Gasteiger partial charge in [-0.25, -0.2) is 0 Å². The van der Waals surface area contributed by atoms with Crippen LogP contribution in [0.1, 0.15) is 82.5 Å². The van der Waals surface area contributed by atoms with Gasteiger partial charge in [0.15, 0.2) is 0 Å². The Morgan fingerprint density at radius 2 is 1.91 bits per heavy atom. The van der Waals surface area contributed by atoms with Crippen molar-refractivity contribution in [2.45, 2.75) is 102 Å². The number of aromatic nitrogens is 1. The first-order chi connectivity index (χ1) is 16.3. The lowest BCUT2D eigenvalue weighted by Crippen LogP contribution is -2.52. The first-order valence-electron chi connectivity index (χ1n) is 13.5. The van der Waals surface area contributed by atoms with Crippen LogP contribution in [0.4, 0.5) is 0 Å². The van der Waals surface area contributed by atoms with Crippen LogP contribution in [0.25, 0.3) is 0 Å². The van der Waals surface area contributed by atoms with Crippen LogP contribution >= 0.6 is 15.9 Å². The van der Waals surface area contributed by atoms with Gasteiger partial charge >= 0.3 is 0 Å². The first-order valence-corrected chi connectivity index (χ1v) is 17.2. The first kappa shape index (κ1) is 25.5. The maximum absolute atomic E-state index is 12.0. The smallest absolute Gasteiger partial charge is 0.250 e. The minimum absolute atomic E-state index is 0.0476. The third-order valence-electron chi connectivity index (χ3n) is 10.5. The van der Waals surface area contributed by atoms with Gasteiger partial charge in [-0.1, -0.05) is 33.8 Å². The number of benzene rings is 1. The van der Waals surface area contributed by atoms with Gasteiger partial charge in [0.05, 0.1) is 11.3 Å². The number of aryl methyl sites for hydroxylation is 1. The van der Waals surface area contributed by atoms with Crippen LogP contribution < -0.4 is 4.43 Å². The van der Waals surface area contributed by atoms with E-state index in [1.165, 1.54) is 18.4 Å². The summed E-state index contributed by atoms with van der Waals surface area (Å²) in [6.45, 7) is 13.9. The summed E-state index contributed by atoms with van der Waals surface area (Å²) in [7, 11) is -1.84. The summed E-state index contributed by atoms with van der Waals surface area (Å²) in [6, 6.07) is 11.0. The molecule has 190 valence electrons. The molecule has 3 aliphatic rings. The topological polar surface area (TPSA) is 42.4 Å². The van der Waals surface area contributed by atoms with E-state index in [9.17, 15) is 5.11 Å². The van der Waals surface area contributed by atoms with Crippen molar-refractivity contribution in [3.05, 3.63) is 57.8 Å². The Labute approximate surface area is 221 Å². The highest BCUT2D eigenvalue weighted by Gasteiger charge is 2.61. The van der Waals surface area contributed by atoms with Crippen molar-refractivity contribution in [3.8, 4) is 5.75 Å². The van der Waals surface area contributed by atoms with Crippen molar-refractivity contribution < 1.29 is 9.53 Å². The van der Waals surface area contributed by atoms with Crippen molar-refractivity contribution in [2.75, 3.05) is 0 Å². The average molecular weight is 557 g/mol. The number of fused-ring (bicyclic) bond motifs is 5. The SMILES string of the molecule is CC(C)(C)[Si](C)(C)Oc1ccc2c(c1)CC[C@@H]1[C@@H]2CC[C@@]2(C)[C@H]1CC[C@]2(O)Cc1ncccc1Br. The Morgan fingerprint density at radius 3 is 2.63 bits per heavy atom. The Hall–Kier alpha value is -1.17. The second-order valence-electron chi connectivity index (χ2n) is 13.3. The molecule has 0 amide bonds. The van der Waals surface area contributed by atoms with E-state index in [1.807, 2.05) is 18.3 Å². The van der Waals surface area contributed by atoms with E-state index < -0.39 is 13.9 Å². The molecule has 0 bridgehead atoms. The van der Waals surface area contributed by atoms with Crippen LogP contribution in [-0.4, -0.2) is 24.0 Å². The summed E-state index contributed by atoms with van der Waals surface area (Å²) in [5.41, 5.74) is 3.31. The largest absolute Gasteiger partial charge is 0.543 e. The Morgan fingerprint density at radius 1 is 1.14 bits per heavy atom. The Balaban J connectivity index is 1.37. The number of hydrogen-bond acceptors (Lipinski definition) is 3. The molecule has 1 aromatic heterocycles. The van der Waals surface area contributed by atoms with Crippen molar-refractivity contribution in [1.82, 2.24) is 4.98 Å². The highest BCUT2D eigenvalue weighted by atomic mass is 79.9. The number of hydrogen-bond donors (Lipinski definition) is 1. The molecule has 0 radical (unpaired) electrons. The van der Waals surface area contributed by atoms with Gasteiger partial charge < -0.3 is 9.53 Å². The van der Waals surface area contributed by atoms with Crippen LogP contribution in [0.5, 0.6) is 5.75 Å². The van der Waals surface area contributed by atoms with E-state index in [0.29, 0.717) is 24.2 Å². The lowest BCUT2D eigenvalue weighted by molar-refractivity contribution is -0.102. The summed E-state index contributed by atoms with van der Waals surface area (Å²) in [6.07, 6.45) is 9.10. The molecule has 0 unspecified atom stereocenters. The maximum atomic E-state index is 12.0. The summed E-state index contributed by atoms with van der Waals surface area (Å²) >= 11 is 3.66. The van der Waals surface area contributed by atoms with Crippen molar-refractivity contribution >= 4 is 24.2 Å². The molecular weight excluding hydrogens is 514 g/mol. The van der Waals surface area contributed by atoms with E-state index in [1.54, 1.807) is 5.56 Å². The number of pyridine rings is 1.